The number of nitrogens with two attached hydrogens (primary N) is 1. The van der Waals surface area contributed by atoms with Gasteiger partial charge in [0, 0.05) is 11.6 Å². The van der Waals surface area contributed by atoms with Crippen LogP contribution in [0.3, 0.4) is 0 Å². The van der Waals surface area contributed by atoms with Crippen LogP contribution in [0.25, 0.3) is 0 Å². The minimum absolute atomic E-state index is 0.0873. The van der Waals surface area contributed by atoms with E-state index in [0.29, 0.717) is 19.0 Å². The first-order valence-electron chi connectivity index (χ1n) is 5.97. The third-order valence-electron chi connectivity index (χ3n) is 2.80. The second kappa shape index (κ2) is 6.11. The number of fused-ring (bicyclic) bond motifs is 1. The lowest BCUT2D eigenvalue weighted by molar-refractivity contribution is -0.139. The van der Waals surface area contributed by atoms with Gasteiger partial charge >= 0.3 is 5.97 Å². The lowest BCUT2D eigenvalue weighted by Crippen LogP contribution is -2.34. The van der Waals surface area contributed by atoms with Crippen molar-refractivity contribution in [3.63, 3.8) is 0 Å². The average Bonchev–Trinajstić information content (AvgIpc) is 2.39. The van der Waals surface area contributed by atoms with Crippen LogP contribution in [0.15, 0.2) is 24.3 Å². The van der Waals surface area contributed by atoms with Crippen LogP contribution in [0.5, 0.6) is 5.75 Å². The predicted octanol–water partition coefficient (Wildman–Crippen LogP) is 1.74. The summed E-state index contributed by atoms with van der Waals surface area (Å²) in [6, 6.07) is 7.66. The van der Waals surface area contributed by atoms with E-state index in [1.807, 2.05) is 24.3 Å². The maximum atomic E-state index is 11.3. The van der Waals surface area contributed by atoms with Crippen molar-refractivity contribution in [1.29, 1.82) is 0 Å². The molecular formula is C13H17NO3S. The largest absolute Gasteiger partial charge is 0.492 e. The van der Waals surface area contributed by atoms with E-state index in [2.05, 4.69) is 0 Å². The van der Waals surface area contributed by atoms with Crippen molar-refractivity contribution < 1.29 is 14.3 Å². The highest BCUT2D eigenvalue weighted by atomic mass is 32.2. The molecule has 1 heterocycles. The van der Waals surface area contributed by atoms with Gasteiger partial charge in [-0.05, 0) is 13.0 Å². The number of hydrogen-bond acceptors (Lipinski definition) is 5. The first kappa shape index (κ1) is 13.2. The first-order chi connectivity index (χ1) is 8.72. The van der Waals surface area contributed by atoms with Gasteiger partial charge in [0.25, 0.3) is 0 Å². The Balaban J connectivity index is 1.95. The molecule has 1 aliphatic heterocycles. The van der Waals surface area contributed by atoms with Crippen LogP contribution in [0.2, 0.25) is 0 Å². The zero-order valence-electron chi connectivity index (χ0n) is 10.3. The molecule has 0 saturated heterocycles. The van der Waals surface area contributed by atoms with Crippen molar-refractivity contribution in [3.8, 4) is 5.75 Å². The highest BCUT2D eigenvalue weighted by molar-refractivity contribution is 8.00. The van der Waals surface area contributed by atoms with Gasteiger partial charge in [0.2, 0.25) is 0 Å². The molecule has 2 atom stereocenters. The molecule has 5 heteroatoms. The number of carbonyl (C=O) groups excluding carboxylic acids is 1. The van der Waals surface area contributed by atoms with Gasteiger partial charge in [0.05, 0.1) is 17.6 Å². The number of thioether (sulfide) groups is 1. The topological polar surface area (TPSA) is 61.5 Å². The zero-order chi connectivity index (χ0) is 13.0. The van der Waals surface area contributed by atoms with Crippen LogP contribution < -0.4 is 10.5 Å². The van der Waals surface area contributed by atoms with E-state index in [1.54, 1.807) is 6.92 Å². The lowest BCUT2D eigenvalue weighted by atomic mass is 10.0. The Hall–Kier alpha value is -1.20. The maximum Gasteiger partial charge on any atom is 0.315 e. The fraction of sp³-hybridized carbons (Fsp3) is 0.462. The van der Waals surface area contributed by atoms with E-state index in [-0.39, 0.29) is 17.3 Å². The number of hydrogen-bond donors (Lipinski definition) is 1. The molecule has 2 rings (SSSR count). The summed E-state index contributed by atoms with van der Waals surface area (Å²) in [5.41, 5.74) is 7.20. The van der Waals surface area contributed by atoms with Crippen LogP contribution in [0, 0.1) is 0 Å². The molecule has 1 aromatic carbocycles. The zero-order valence-corrected chi connectivity index (χ0v) is 11.1. The van der Waals surface area contributed by atoms with E-state index in [9.17, 15) is 4.79 Å². The third-order valence-corrected chi connectivity index (χ3v) is 4.06. The Bertz CT molecular complexity index is 424. The lowest BCUT2D eigenvalue weighted by Gasteiger charge is -2.30. The normalized spacial score (nSPS) is 21.9. The average molecular weight is 267 g/mol. The molecule has 1 aliphatic rings. The highest BCUT2D eigenvalue weighted by Gasteiger charge is 2.28. The summed E-state index contributed by atoms with van der Waals surface area (Å²) < 4.78 is 10.5. The van der Waals surface area contributed by atoms with E-state index < -0.39 is 0 Å². The maximum absolute atomic E-state index is 11.3. The van der Waals surface area contributed by atoms with Gasteiger partial charge in [0.15, 0.2) is 0 Å². The summed E-state index contributed by atoms with van der Waals surface area (Å²) in [4.78, 5) is 11.3. The molecule has 0 saturated carbocycles. The standard InChI is InChI=1S/C13H17NO3S/c1-2-16-12(15)8-18-11-7-17-10-6-4-3-5-9(10)13(11)14/h3-6,11,13H,2,7-8,14H2,1H3. The van der Waals surface area contributed by atoms with Crippen molar-refractivity contribution in [2.75, 3.05) is 19.0 Å². The summed E-state index contributed by atoms with van der Waals surface area (Å²) in [7, 11) is 0. The van der Waals surface area contributed by atoms with Crippen molar-refractivity contribution in [3.05, 3.63) is 29.8 Å². The fourth-order valence-corrected chi connectivity index (χ4v) is 2.84. The van der Waals surface area contributed by atoms with Gasteiger partial charge in [-0.25, -0.2) is 0 Å². The minimum Gasteiger partial charge on any atom is -0.492 e. The van der Waals surface area contributed by atoms with Gasteiger partial charge in [0.1, 0.15) is 12.4 Å². The second-order valence-electron chi connectivity index (χ2n) is 4.03. The van der Waals surface area contributed by atoms with Crippen LogP contribution in [-0.4, -0.2) is 30.2 Å². The van der Waals surface area contributed by atoms with Gasteiger partial charge in [-0.3, -0.25) is 4.79 Å². The van der Waals surface area contributed by atoms with Gasteiger partial charge in [-0.1, -0.05) is 18.2 Å². The molecule has 0 bridgehead atoms. The Kier molecular flexibility index (Phi) is 4.49. The van der Waals surface area contributed by atoms with Gasteiger partial charge < -0.3 is 15.2 Å². The van der Waals surface area contributed by atoms with Crippen molar-refractivity contribution >= 4 is 17.7 Å². The molecule has 0 amide bonds. The van der Waals surface area contributed by atoms with Crippen LogP contribution >= 0.6 is 11.8 Å². The number of rotatable bonds is 4. The van der Waals surface area contributed by atoms with Crippen LogP contribution in [0.1, 0.15) is 18.5 Å². The molecule has 0 radical (unpaired) electrons. The molecule has 18 heavy (non-hydrogen) atoms. The van der Waals surface area contributed by atoms with Crippen LogP contribution in [0.4, 0.5) is 0 Å². The number of esters is 1. The smallest absolute Gasteiger partial charge is 0.315 e. The summed E-state index contributed by atoms with van der Waals surface area (Å²) in [6.07, 6.45) is 0. The highest BCUT2D eigenvalue weighted by Crippen LogP contribution is 2.35. The summed E-state index contributed by atoms with van der Waals surface area (Å²) in [6.45, 7) is 2.74. The van der Waals surface area contributed by atoms with E-state index in [1.165, 1.54) is 11.8 Å². The molecule has 2 unspecified atom stereocenters. The summed E-state index contributed by atoms with van der Waals surface area (Å²) in [5, 5.41) is 0.0873. The Morgan fingerprint density at radius 2 is 2.33 bits per heavy atom. The second-order valence-corrected chi connectivity index (χ2v) is 5.26. The Labute approximate surface area is 111 Å². The third kappa shape index (κ3) is 2.97. The molecule has 0 spiro atoms. The molecule has 2 N–H and O–H groups in total. The fourth-order valence-electron chi connectivity index (χ4n) is 1.89. The summed E-state index contributed by atoms with van der Waals surface area (Å²) in [5.74, 6) is 0.962. The van der Waals surface area contributed by atoms with E-state index in [0.717, 1.165) is 11.3 Å². The molecule has 0 aromatic heterocycles. The predicted molar refractivity (Wildman–Crippen MR) is 71.7 cm³/mol. The first-order valence-corrected chi connectivity index (χ1v) is 7.01. The quantitative estimate of drug-likeness (QED) is 0.842. The summed E-state index contributed by atoms with van der Waals surface area (Å²) >= 11 is 1.49. The van der Waals surface area contributed by atoms with Crippen molar-refractivity contribution in [2.24, 2.45) is 5.73 Å². The van der Waals surface area contributed by atoms with Gasteiger partial charge in [-0.2, -0.15) is 0 Å². The monoisotopic (exact) mass is 267 g/mol. The number of benzene rings is 1. The molecule has 0 fully saturated rings. The van der Waals surface area contributed by atoms with Crippen LogP contribution in [-0.2, 0) is 9.53 Å². The molecule has 98 valence electrons. The van der Waals surface area contributed by atoms with Crippen molar-refractivity contribution in [1.82, 2.24) is 0 Å². The molecular weight excluding hydrogens is 250 g/mol. The molecule has 1 aromatic rings. The number of para-hydroxylation sites is 1. The SMILES string of the molecule is CCOC(=O)CSC1COc2ccccc2C1N. The van der Waals surface area contributed by atoms with Crippen molar-refractivity contribution in [2.45, 2.75) is 18.2 Å². The number of ether oxygens (including phenoxy) is 2. The Morgan fingerprint density at radius 1 is 1.56 bits per heavy atom. The molecule has 0 aliphatic carbocycles. The van der Waals surface area contributed by atoms with E-state index >= 15 is 0 Å². The molecule has 4 nitrogen and oxygen atoms in total. The van der Waals surface area contributed by atoms with E-state index in [4.69, 9.17) is 15.2 Å². The number of carbonyl (C=O) groups is 1. The van der Waals surface area contributed by atoms with Gasteiger partial charge in [-0.15, -0.1) is 11.8 Å². The minimum atomic E-state index is -0.200. The Morgan fingerprint density at radius 3 is 3.11 bits per heavy atom.